The normalized spacial score (nSPS) is 10.9. The van der Waals surface area contributed by atoms with Crippen LogP contribution in [0.1, 0.15) is 30.4 Å². The van der Waals surface area contributed by atoms with Gasteiger partial charge in [0.15, 0.2) is 0 Å². The van der Waals surface area contributed by atoms with Crippen molar-refractivity contribution in [1.29, 1.82) is 0 Å². The Kier molecular flexibility index (Phi) is 6.91. The molecule has 0 heterocycles. The second-order valence-electron chi connectivity index (χ2n) is 4.70. The lowest BCUT2D eigenvalue weighted by Gasteiger charge is -2.17. The van der Waals surface area contributed by atoms with Gasteiger partial charge in [-0.3, -0.25) is 0 Å². The number of nitrogens with two attached hydrogens (primary N) is 1. The molecule has 0 fully saturated rings. The summed E-state index contributed by atoms with van der Waals surface area (Å²) in [7, 11) is 2.02. The third-order valence-electron chi connectivity index (χ3n) is 2.95. The minimum absolute atomic E-state index is 0.0879. The minimum atomic E-state index is -0.373. The molecule has 0 saturated heterocycles. The van der Waals surface area contributed by atoms with Crippen molar-refractivity contribution in [2.45, 2.75) is 25.8 Å². The first-order valence-electron chi connectivity index (χ1n) is 6.42. The van der Waals surface area contributed by atoms with E-state index in [1.165, 1.54) is 6.07 Å². The fourth-order valence-corrected chi connectivity index (χ4v) is 2.08. The summed E-state index contributed by atoms with van der Waals surface area (Å²) in [5.41, 5.74) is 6.78. The van der Waals surface area contributed by atoms with Crippen molar-refractivity contribution < 1.29 is 9.50 Å². The van der Waals surface area contributed by atoms with Crippen LogP contribution in [0.15, 0.2) is 18.2 Å². The predicted molar refractivity (Wildman–Crippen MR) is 79.6 cm³/mol. The van der Waals surface area contributed by atoms with Gasteiger partial charge in [0.2, 0.25) is 0 Å². The van der Waals surface area contributed by atoms with Crippen LogP contribution in [0.4, 0.5) is 4.39 Å². The van der Waals surface area contributed by atoms with Crippen molar-refractivity contribution in [3.8, 4) is 0 Å². The topological polar surface area (TPSA) is 49.5 Å². The van der Waals surface area contributed by atoms with Gasteiger partial charge in [-0.25, -0.2) is 4.39 Å². The number of aliphatic hydroxyl groups is 1. The minimum Gasteiger partial charge on any atom is -0.396 e. The van der Waals surface area contributed by atoms with Crippen LogP contribution in [0, 0.1) is 5.82 Å². The number of hydrogen-bond acceptors (Lipinski definition) is 3. The quantitative estimate of drug-likeness (QED) is 0.567. The second-order valence-corrected chi connectivity index (χ2v) is 5.14. The number of hydrogen-bond donors (Lipinski definition) is 2. The summed E-state index contributed by atoms with van der Waals surface area (Å²) in [6.45, 7) is 1.92. The number of nitrogens with zero attached hydrogens (tertiary/aromatic N) is 1. The number of halogens is 1. The largest absolute Gasteiger partial charge is 0.396 e. The van der Waals surface area contributed by atoms with Crippen LogP contribution in [-0.4, -0.2) is 35.2 Å². The molecule has 0 aliphatic carbocycles. The molecule has 0 unspecified atom stereocenters. The summed E-state index contributed by atoms with van der Waals surface area (Å²) in [6.07, 6.45) is 2.90. The summed E-state index contributed by atoms with van der Waals surface area (Å²) < 4.78 is 13.4. The molecular formula is C14H21FN2OS. The van der Waals surface area contributed by atoms with E-state index < -0.39 is 0 Å². The van der Waals surface area contributed by atoms with E-state index in [2.05, 4.69) is 4.90 Å². The Morgan fingerprint density at radius 2 is 2.11 bits per heavy atom. The van der Waals surface area contributed by atoms with E-state index in [0.717, 1.165) is 37.9 Å². The maximum Gasteiger partial charge on any atom is 0.133 e. The molecule has 1 aromatic carbocycles. The zero-order valence-electron chi connectivity index (χ0n) is 11.2. The SMILES string of the molecule is CN(CCCCCO)Cc1ccc(F)c(C(N)=S)c1. The van der Waals surface area contributed by atoms with Crippen LogP contribution in [-0.2, 0) is 6.54 Å². The third kappa shape index (κ3) is 5.63. The molecular weight excluding hydrogens is 263 g/mol. The Bertz CT molecular complexity index is 426. The van der Waals surface area contributed by atoms with Gasteiger partial charge in [-0.05, 0) is 50.6 Å². The molecule has 19 heavy (non-hydrogen) atoms. The highest BCUT2D eigenvalue weighted by atomic mass is 32.1. The average Bonchev–Trinajstić information content (AvgIpc) is 2.36. The van der Waals surface area contributed by atoms with Crippen molar-refractivity contribution in [2.75, 3.05) is 20.2 Å². The Labute approximate surface area is 119 Å². The van der Waals surface area contributed by atoms with Gasteiger partial charge >= 0.3 is 0 Å². The Hall–Kier alpha value is -1.04. The van der Waals surface area contributed by atoms with E-state index in [-0.39, 0.29) is 17.4 Å². The molecule has 0 aromatic heterocycles. The molecule has 106 valence electrons. The number of thiocarbonyl (C=S) groups is 1. The van der Waals surface area contributed by atoms with Crippen molar-refractivity contribution >= 4 is 17.2 Å². The highest BCUT2D eigenvalue weighted by molar-refractivity contribution is 7.80. The van der Waals surface area contributed by atoms with Gasteiger partial charge in [-0.2, -0.15) is 0 Å². The van der Waals surface area contributed by atoms with E-state index in [0.29, 0.717) is 5.56 Å². The maximum atomic E-state index is 13.4. The summed E-state index contributed by atoms with van der Waals surface area (Å²) in [5, 5.41) is 8.70. The Morgan fingerprint density at radius 3 is 2.74 bits per heavy atom. The average molecular weight is 284 g/mol. The Balaban J connectivity index is 2.52. The van der Waals surface area contributed by atoms with Crippen LogP contribution in [0.3, 0.4) is 0 Å². The molecule has 0 spiro atoms. The number of unbranched alkanes of at least 4 members (excludes halogenated alkanes) is 2. The molecule has 0 amide bonds. The lowest BCUT2D eigenvalue weighted by atomic mass is 10.1. The van der Waals surface area contributed by atoms with Gasteiger partial charge in [0.05, 0.1) is 0 Å². The first-order valence-corrected chi connectivity index (χ1v) is 6.83. The van der Waals surface area contributed by atoms with Crippen molar-refractivity contribution in [3.63, 3.8) is 0 Å². The van der Waals surface area contributed by atoms with E-state index in [9.17, 15) is 4.39 Å². The Morgan fingerprint density at radius 1 is 1.37 bits per heavy atom. The van der Waals surface area contributed by atoms with Crippen LogP contribution in [0.25, 0.3) is 0 Å². The van der Waals surface area contributed by atoms with E-state index >= 15 is 0 Å². The molecule has 5 heteroatoms. The molecule has 3 N–H and O–H groups in total. The van der Waals surface area contributed by atoms with E-state index in [4.69, 9.17) is 23.1 Å². The zero-order chi connectivity index (χ0) is 14.3. The van der Waals surface area contributed by atoms with Crippen molar-refractivity contribution in [3.05, 3.63) is 35.1 Å². The second kappa shape index (κ2) is 8.19. The monoisotopic (exact) mass is 284 g/mol. The highest BCUT2D eigenvalue weighted by Gasteiger charge is 2.07. The predicted octanol–water partition coefficient (Wildman–Crippen LogP) is 2.05. The first kappa shape index (κ1) is 16.0. The lowest BCUT2D eigenvalue weighted by Crippen LogP contribution is -2.20. The third-order valence-corrected chi connectivity index (χ3v) is 3.17. The van der Waals surface area contributed by atoms with E-state index in [1.807, 2.05) is 7.05 Å². The van der Waals surface area contributed by atoms with Crippen molar-refractivity contribution in [1.82, 2.24) is 4.90 Å². The van der Waals surface area contributed by atoms with Crippen LogP contribution in [0.5, 0.6) is 0 Å². The van der Waals surface area contributed by atoms with Crippen LogP contribution in [0.2, 0.25) is 0 Å². The zero-order valence-corrected chi connectivity index (χ0v) is 12.0. The van der Waals surface area contributed by atoms with Gasteiger partial charge < -0.3 is 15.7 Å². The van der Waals surface area contributed by atoms with Gasteiger partial charge in [0, 0.05) is 18.7 Å². The smallest absolute Gasteiger partial charge is 0.133 e. The summed E-state index contributed by atoms with van der Waals surface area (Å²) >= 11 is 4.82. The van der Waals surface area contributed by atoms with Gasteiger partial charge in [-0.1, -0.05) is 18.3 Å². The fourth-order valence-electron chi connectivity index (χ4n) is 1.92. The number of benzene rings is 1. The van der Waals surface area contributed by atoms with Crippen LogP contribution < -0.4 is 5.73 Å². The summed E-state index contributed by atoms with van der Waals surface area (Å²) in [4.78, 5) is 2.25. The molecule has 3 nitrogen and oxygen atoms in total. The molecule has 0 radical (unpaired) electrons. The molecule has 0 atom stereocenters. The molecule has 0 aliphatic heterocycles. The molecule has 1 rings (SSSR count). The van der Waals surface area contributed by atoms with Gasteiger partial charge in [0.1, 0.15) is 10.8 Å². The van der Waals surface area contributed by atoms with Crippen LogP contribution >= 0.6 is 12.2 Å². The standard InChI is InChI=1S/C14H21FN2OS/c1-17(7-3-2-4-8-18)10-11-5-6-13(15)12(9-11)14(16)19/h5-6,9,18H,2-4,7-8,10H2,1H3,(H2,16,19). The molecule has 0 bridgehead atoms. The highest BCUT2D eigenvalue weighted by Crippen LogP contribution is 2.12. The molecule has 0 aliphatic rings. The summed E-state index contributed by atoms with van der Waals surface area (Å²) in [6, 6.07) is 4.87. The van der Waals surface area contributed by atoms with Gasteiger partial charge in [-0.15, -0.1) is 0 Å². The summed E-state index contributed by atoms with van der Waals surface area (Å²) in [5.74, 6) is -0.373. The number of rotatable bonds is 8. The maximum absolute atomic E-state index is 13.4. The first-order chi connectivity index (χ1) is 9.04. The lowest BCUT2D eigenvalue weighted by molar-refractivity contribution is 0.271. The van der Waals surface area contributed by atoms with Crippen molar-refractivity contribution in [2.24, 2.45) is 5.73 Å². The van der Waals surface area contributed by atoms with Gasteiger partial charge in [0.25, 0.3) is 0 Å². The fraction of sp³-hybridized carbons (Fsp3) is 0.500. The van der Waals surface area contributed by atoms with E-state index in [1.54, 1.807) is 12.1 Å². The number of aliphatic hydroxyl groups excluding tert-OH is 1. The molecule has 0 saturated carbocycles. The molecule has 1 aromatic rings.